The molecule has 1 aliphatic rings. The fraction of sp³-hybridized carbons (Fsp3) is 0.429. The van der Waals surface area contributed by atoms with Crippen LogP contribution >= 0.6 is 11.6 Å². The molecule has 1 fully saturated rings. The van der Waals surface area contributed by atoms with E-state index < -0.39 is 11.4 Å². The zero-order valence-electron chi connectivity index (χ0n) is 25.9. The maximum absolute atomic E-state index is 15.9. The Hall–Kier alpha value is -3.64. The van der Waals surface area contributed by atoms with Crippen LogP contribution in [-0.2, 0) is 9.47 Å². The van der Waals surface area contributed by atoms with E-state index in [-0.39, 0.29) is 41.5 Å². The first-order chi connectivity index (χ1) is 21.1. The maximum atomic E-state index is 15.9. The number of halogens is 2. The number of amides is 1. The molecule has 1 saturated heterocycles. The number of hydrogen-bond acceptors (Lipinski definition) is 6. The van der Waals surface area contributed by atoms with Gasteiger partial charge < -0.3 is 24.4 Å². The third-order valence-corrected chi connectivity index (χ3v) is 7.96. The van der Waals surface area contributed by atoms with Crippen LogP contribution < -0.4 is 10.1 Å². The second kappa shape index (κ2) is 15.4. The lowest BCUT2D eigenvalue weighted by Gasteiger charge is -2.26. The molecule has 1 unspecified atom stereocenters. The third kappa shape index (κ3) is 8.72. The lowest BCUT2D eigenvalue weighted by Crippen LogP contribution is -2.38. The molecule has 1 aliphatic heterocycles. The largest absolute Gasteiger partial charge is 0.488 e. The number of rotatable bonds is 10. The van der Waals surface area contributed by atoms with Crippen molar-refractivity contribution in [2.45, 2.75) is 57.6 Å². The Bertz CT molecular complexity index is 1450. The van der Waals surface area contributed by atoms with Gasteiger partial charge in [0.15, 0.2) is 11.6 Å². The Morgan fingerprint density at radius 1 is 1.09 bits per heavy atom. The number of nitrogens with one attached hydrogen (secondary N) is 1. The van der Waals surface area contributed by atoms with Crippen LogP contribution in [-0.4, -0.2) is 62.6 Å². The zero-order chi connectivity index (χ0) is 31.7. The number of ether oxygens (including phenoxy) is 3. The van der Waals surface area contributed by atoms with Crippen molar-refractivity contribution in [3.05, 3.63) is 88.2 Å². The SMILES string of the molecule is COCCOc1ccc(C#N)c(-c2cc(C(CN[C@H]3CCCN(C(=O)OC(C)(C)C)CC3)c3ccccc3)ccc2Cl)c1F. The van der Waals surface area contributed by atoms with E-state index >= 15 is 4.39 Å². The van der Waals surface area contributed by atoms with Crippen LogP contribution in [0.3, 0.4) is 0 Å². The summed E-state index contributed by atoms with van der Waals surface area (Å²) >= 11 is 6.66. The van der Waals surface area contributed by atoms with E-state index in [1.165, 1.54) is 6.07 Å². The Labute approximate surface area is 264 Å². The molecule has 0 bridgehead atoms. The molecule has 1 heterocycles. The number of likely N-dealkylation sites (tertiary alicyclic amines) is 1. The number of benzene rings is 3. The van der Waals surface area contributed by atoms with Crippen molar-refractivity contribution in [1.82, 2.24) is 10.2 Å². The second-order valence-electron chi connectivity index (χ2n) is 12.0. The fourth-order valence-electron chi connectivity index (χ4n) is 5.42. The molecule has 7 nitrogen and oxygen atoms in total. The molecule has 1 N–H and O–H groups in total. The highest BCUT2D eigenvalue weighted by molar-refractivity contribution is 6.33. The number of hydrogen-bond donors (Lipinski definition) is 1. The molecule has 0 radical (unpaired) electrons. The second-order valence-corrected chi connectivity index (χ2v) is 12.4. The van der Waals surface area contributed by atoms with Gasteiger partial charge in [0.2, 0.25) is 0 Å². The third-order valence-electron chi connectivity index (χ3n) is 7.63. The first kappa shape index (κ1) is 33.3. The first-order valence-electron chi connectivity index (χ1n) is 15.0. The van der Waals surface area contributed by atoms with Gasteiger partial charge in [0.25, 0.3) is 0 Å². The molecule has 0 saturated carbocycles. The van der Waals surface area contributed by atoms with Crippen molar-refractivity contribution in [3.8, 4) is 22.9 Å². The van der Waals surface area contributed by atoms with Gasteiger partial charge in [-0.15, -0.1) is 0 Å². The lowest BCUT2D eigenvalue weighted by atomic mass is 9.88. The van der Waals surface area contributed by atoms with Gasteiger partial charge in [0.05, 0.1) is 18.2 Å². The van der Waals surface area contributed by atoms with Gasteiger partial charge in [-0.2, -0.15) is 5.26 Å². The summed E-state index contributed by atoms with van der Waals surface area (Å²) in [6.45, 7) is 8.01. The molecule has 0 spiro atoms. The van der Waals surface area contributed by atoms with Crippen molar-refractivity contribution >= 4 is 17.7 Å². The summed E-state index contributed by atoms with van der Waals surface area (Å²) in [7, 11) is 1.54. The molecular weight excluding hydrogens is 581 g/mol. The average Bonchev–Trinajstić information content (AvgIpc) is 3.25. The summed E-state index contributed by atoms with van der Waals surface area (Å²) in [5.74, 6) is -0.679. The molecule has 4 rings (SSSR count). The number of carbonyl (C=O) groups is 1. The summed E-state index contributed by atoms with van der Waals surface area (Å²) in [6.07, 6.45) is 2.33. The minimum atomic E-state index is -0.637. The first-order valence-corrected chi connectivity index (χ1v) is 15.4. The number of methoxy groups -OCH3 is 1. The standard InChI is InChI=1S/C35H41ClFN3O4/c1-35(2,3)44-34(41)40-17-8-11-27(16-18-40)39-23-29(24-9-6-5-7-10-24)25-12-14-30(36)28(21-25)32-26(22-38)13-15-31(33(32)37)43-20-19-42-4/h5-7,9-10,12-15,21,27,29,39H,8,11,16-20,23H2,1-4H3/t27-,29?/m0/s1. The minimum absolute atomic E-state index is 0.0348. The molecular formula is C35H41ClFN3O4. The average molecular weight is 622 g/mol. The van der Waals surface area contributed by atoms with Crippen molar-refractivity contribution in [2.75, 3.05) is 40.0 Å². The summed E-state index contributed by atoms with van der Waals surface area (Å²) in [5, 5.41) is 13.9. The number of nitrogens with zero attached hydrogens (tertiary/aromatic N) is 2. The molecule has 0 aromatic heterocycles. The van der Waals surface area contributed by atoms with Crippen LogP contribution in [0.5, 0.6) is 5.75 Å². The van der Waals surface area contributed by atoms with Gasteiger partial charge in [0.1, 0.15) is 12.2 Å². The van der Waals surface area contributed by atoms with E-state index in [1.807, 2.05) is 51.1 Å². The van der Waals surface area contributed by atoms with Gasteiger partial charge >= 0.3 is 6.09 Å². The Morgan fingerprint density at radius 2 is 1.86 bits per heavy atom. The summed E-state index contributed by atoms with van der Waals surface area (Å²) in [4.78, 5) is 14.4. The minimum Gasteiger partial charge on any atom is -0.488 e. The lowest BCUT2D eigenvalue weighted by molar-refractivity contribution is 0.0256. The molecule has 9 heteroatoms. The molecule has 1 amide bonds. The van der Waals surface area contributed by atoms with Gasteiger partial charge in [-0.25, -0.2) is 9.18 Å². The van der Waals surface area contributed by atoms with E-state index in [0.29, 0.717) is 36.8 Å². The van der Waals surface area contributed by atoms with Crippen LogP contribution in [0.2, 0.25) is 5.02 Å². The van der Waals surface area contributed by atoms with E-state index in [2.05, 4.69) is 23.5 Å². The smallest absolute Gasteiger partial charge is 0.410 e. The number of carbonyl (C=O) groups excluding carboxylic acids is 1. The highest BCUT2D eigenvalue weighted by Gasteiger charge is 2.26. The van der Waals surface area contributed by atoms with Crippen molar-refractivity contribution < 1.29 is 23.4 Å². The fourth-order valence-corrected chi connectivity index (χ4v) is 5.63. The Morgan fingerprint density at radius 3 is 2.57 bits per heavy atom. The molecule has 234 valence electrons. The number of nitriles is 1. The quantitative estimate of drug-likeness (QED) is 0.235. The highest BCUT2D eigenvalue weighted by atomic mass is 35.5. The van der Waals surface area contributed by atoms with Crippen LogP contribution in [0.4, 0.5) is 9.18 Å². The monoisotopic (exact) mass is 621 g/mol. The molecule has 3 aromatic carbocycles. The van der Waals surface area contributed by atoms with Crippen LogP contribution in [0.1, 0.15) is 62.6 Å². The van der Waals surface area contributed by atoms with Gasteiger partial charge in [0, 0.05) is 54.9 Å². The van der Waals surface area contributed by atoms with E-state index in [0.717, 1.165) is 30.4 Å². The highest BCUT2D eigenvalue weighted by Crippen LogP contribution is 2.39. The van der Waals surface area contributed by atoms with Crippen molar-refractivity contribution in [3.63, 3.8) is 0 Å². The van der Waals surface area contributed by atoms with Crippen LogP contribution in [0, 0.1) is 17.1 Å². The summed E-state index contributed by atoms with van der Waals surface area (Å²) in [6, 6.07) is 21.0. The van der Waals surface area contributed by atoms with Gasteiger partial charge in [-0.3, -0.25) is 0 Å². The summed E-state index contributed by atoms with van der Waals surface area (Å²) in [5.41, 5.74) is 2.20. The predicted molar refractivity (Wildman–Crippen MR) is 171 cm³/mol. The Kier molecular flexibility index (Phi) is 11.6. The van der Waals surface area contributed by atoms with Crippen LogP contribution in [0.15, 0.2) is 60.7 Å². The van der Waals surface area contributed by atoms with E-state index in [9.17, 15) is 10.1 Å². The van der Waals surface area contributed by atoms with Gasteiger partial charge in [-0.05, 0) is 75.4 Å². The molecule has 0 aliphatic carbocycles. The topological polar surface area (TPSA) is 83.8 Å². The molecule has 2 atom stereocenters. The molecule has 44 heavy (non-hydrogen) atoms. The zero-order valence-corrected chi connectivity index (χ0v) is 26.6. The van der Waals surface area contributed by atoms with Crippen molar-refractivity contribution in [1.29, 1.82) is 5.26 Å². The normalized spacial score (nSPS) is 16.1. The van der Waals surface area contributed by atoms with E-state index in [4.69, 9.17) is 25.8 Å². The Balaban J connectivity index is 1.60. The van der Waals surface area contributed by atoms with E-state index in [1.54, 1.807) is 24.1 Å². The van der Waals surface area contributed by atoms with Crippen molar-refractivity contribution in [2.24, 2.45) is 0 Å². The predicted octanol–water partition coefficient (Wildman–Crippen LogP) is 7.55. The summed E-state index contributed by atoms with van der Waals surface area (Å²) < 4.78 is 32.1. The van der Waals surface area contributed by atoms with Crippen LogP contribution in [0.25, 0.3) is 11.1 Å². The molecule has 3 aromatic rings. The maximum Gasteiger partial charge on any atom is 0.410 e. The van der Waals surface area contributed by atoms with Gasteiger partial charge in [-0.1, -0.05) is 48.0 Å².